The van der Waals surface area contributed by atoms with Crippen molar-refractivity contribution < 1.29 is 4.74 Å². The third-order valence-corrected chi connectivity index (χ3v) is 3.83. The number of hydrogen-bond acceptors (Lipinski definition) is 2. The number of aryl methyl sites for hydroxylation is 2. The summed E-state index contributed by atoms with van der Waals surface area (Å²) in [7, 11) is 0. The van der Waals surface area contributed by atoms with Crippen molar-refractivity contribution in [3.8, 4) is 5.75 Å². The van der Waals surface area contributed by atoms with Crippen LogP contribution in [-0.4, -0.2) is 6.54 Å². The molecule has 0 saturated carbocycles. The second-order valence-electron chi connectivity index (χ2n) is 5.54. The highest BCUT2D eigenvalue weighted by Gasteiger charge is 2.06. The predicted molar refractivity (Wildman–Crippen MR) is 88.8 cm³/mol. The van der Waals surface area contributed by atoms with Gasteiger partial charge in [0.05, 0.1) is 0 Å². The van der Waals surface area contributed by atoms with Gasteiger partial charge in [-0.15, -0.1) is 0 Å². The maximum atomic E-state index is 6.08. The Morgan fingerprint density at radius 3 is 2.43 bits per heavy atom. The summed E-state index contributed by atoms with van der Waals surface area (Å²) in [6.45, 7) is 11.0. The van der Waals surface area contributed by atoms with E-state index >= 15 is 0 Å². The minimum Gasteiger partial charge on any atom is -0.489 e. The fraction of sp³-hybridized carbons (Fsp3) is 0.368. The quantitative estimate of drug-likeness (QED) is 0.853. The third kappa shape index (κ3) is 4.08. The van der Waals surface area contributed by atoms with E-state index in [9.17, 15) is 0 Å². The Balaban J connectivity index is 2.13. The van der Waals surface area contributed by atoms with E-state index in [4.69, 9.17) is 4.74 Å². The van der Waals surface area contributed by atoms with E-state index in [-0.39, 0.29) is 0 Å². The number of benzene rings is 2. The normalized spacial score (nSPS) is 10.7. The fourth-order valence-corrected chi connectivity index (χ4v) is 2.44. The first-order valence-corrected chi connectivity index (χ1v) is 7.60. The van der Waals surface area contributed by atoms with Crippen LogP contribution in [0.4, 0.5) is 0 Å². The van der Waals surface area contributed by atoms with E-state index in [2.05, 4.69) is 69.4 Å². The van der Waals surface area contributed by atoms with Crippen LogP contribution in [0.1, 0.15) is 34.7 Å². The molecule has 0 radical (unpaired) electrons. The second kappa shape index (κ2) is 7.28. The summed E-state index contributed by atoms with van der Waals surface area (Å²) in [6, 6.07) is 12.8. The Labute approximate surface area is 128 Å². The topological polar surface area (TPSA) is 21.3 Å². The molecule has 0 aromatic heterocycles. The molecule has 2 aromatic rings. The Morgan fingerprint density at radius 1 is 1.00 bits per heavy atom. The number of hydrogen-bond donors (Lipinski definition) is 1. The molecule has 2 heteroatoms. The maximum absolute atomic E-state index is 6.08. The van der Waals surface area contributed by atoms with Gasteiger partial charge in [-0.05, 0) is 61.2 Å². The molecule has 0 aliphatic carbocycles. The van der Waals surface area contributed by atoms with Crippen molar-refractivity contribution in [3.05, 3.63) is 64.2 Å². The Morgan fingerprint density at radius 2 is 1.71 bits per heavy atom. The summed E-state index contributed by atoms with van der Waals surface area (Å²) in [5, 5.41) is 3.38. The Kier molecular flexibility index (Phi) is 5.40. The summed E-state index contributed by atoms with van der Waals surface area (Å²) < 4.78 is 6.08. The van der Waals surface area contributed by atoms with Crippen molar-refractivity contribution in [1.29, 1.82) is 0 Å². The van der Waals surface area contributed by atoms with Crippen LogP contribution in [0, 0.1) is 20.8 Å². The zero-order valence-corrected chi connectivity index (χ0v) is 13.5. The van der Waals surface area contributed by atoms with Crippen LogP contribution in [-0.2, 0) is 13.2 Å². The second-order valence-corrected chi connectivity index (χ2v) is 5.54. The standard InChI is InChI=1S/C19H25NO/c1-5-20-12-17-8-6-7-9-18(17)13-21-19-11-14(2)10-15(3)16(19)4/h6-11,20H,5,12-13H2,1-4H3. The van der Waals surface area contributed by atoms with E-state index in [0.717, 1.165) is 18.8 Å². The monoisotopic (exact) mass is 283 g/mol. The molecule has 2 nitrogen and oxygen atoms in total. The zero-order valence-electron chi connectivity index (χ0n) is 13.5. The highest BCUT2D eigenvalue weighted by atomic mass is 16.5. The molecule has 2 rings (SSSR count). The van der Waals surface area contributed by atoms with Crippen molar-refractivity contribution >= 4 is 0 Å². The van der Waals surface area contributed by atoms with Gasteiger partial charge in [-0.1, -0.05) is 37.3 Å². The number of ether oxygens (including phenoxy) is 1. The average molecular weight is 283 g/mol. The summed E-state index contributed by atoms with van der Waals surface area (Å²) in [4.78, 5) is 0. The molecule has 21 heavy (non-hydrogen) atoms. The highest BCUT2D eigenvalue weighted by molar-refractivity contribution is 5.42. The lowest BCUT2D eigenvalue weighted by atomic mass is 10.1. The Bertz CT molecular complexity index is 605. The van der Waals surface area contributed by atoms with Gasteiger partial charge in [0.2, 0.25) is 0 Å². The Hall–Kier alpha value is -1.80. The van der Waals surface area contributed by atoms with Gasteiger partial charge in [0.1, 0.15) is 12.4 Å². The van der Waals surface area contributed by atoms with E-state index < -0.39 is 0 Å². The van der Waals surface area contributed by atoms with Crippen LogP contribution in [0.3, 0.4) is 0 Å². The first-order valence-electron chi connectivity index (χ1n) is 7.60. The van der Waals surface area contributed by atoms with Gasteiger partial charge in [0.15, 0.2) is 0 Å². The van der Waals surface area contributed by atoms with Crippen LogP contribution in [0.5, 0.6) is 5.75 Å². The van der Waals surface area contributed by atoms with Crippen LogP contribution in [0.2, 0.25) is 0 Å². The molecule has 0 saturated heterocycles. The van der Waals surface area contributed by atoms with Gasteiger partial charge in [-0.25, -0.2) is 0 Å². The predicted octanol–water partition coefficient (Wildman–Crippen LogP) is 4.30. The summed E-state index contributed by atoms with van der Waals surface area (Å²) in [5.74, 6) is 0.991. The van der Waals surface area contributed by atoms with Crippen molar-refractivity contribution in [1.82, 2.24) is 5.32 Å². The number of nitrogens with one attached hydrogen (secondary N) is 1. The molecule has 0 spiro atoms. The fourth-order valence-electron chi connectivity index (χ4n) is 2.44. The van der Waals surface area contributed by atoms with Crippen LogP contribution in [0.15, 0.2) is 36.4 Å². The highest BCUT2D eigenvalue weighted by Crippen LogP contribution is 2.24. The minimum absolute atomic E-state index is 0.616. The largest absolute Gasteiger partial charge is 0.489 e. The average Bonchev–Trinajstić information content (AvgIpc) is 2.48. The molecule has 0 bridgehead atoms. The van der Waals surface area contributed by atoms with Gasteiger partial charge in [-0.2, -0.15) is 0 Å². The van der Waals surface area contributed by atoms with E-state index in [1.165, 1.54) is 27.8 Å². The lowest BCUT2D eigenvalue weighted by molar-refractivity contribution is 0.302. The van der Waals surface area contributed by atoms with Gasteiger partial charge in [-0.3, -0.25) is 0 Å². The first kappa shape index (κ1) is 15.6. The van der Waals surface area contributed by atoms with Crippen molar-refractivity contribution in [2.45, 2.75) is 40.8 Å². The number of rotatable bonds is 6. The molecule has 1 N–H and O–H groups in total. The van der Waals surface area contributed by atoms with Crippen LogP contribution in [0.25, 0.3) is 0 Å². The van der Waals surface area contributed by atoms with Crippen LogP contribution >= 0.6 is 0 Å². The van der Waals surface area contributed by atoms with Crippen molar-refractivity contribution in [2.75, 3.05) is 6.54 Å². The third-order valence-electron chi connectivity index (χ3n) is 3.83. The minimum atomic E-state index is 0.616. The molecule has 0 amide bonds. The van der Waals surface area contributed by atoms with Gasteiger partial charge in [0.25, 0.3) is 0 Å². The van der Waals surface area contributed by atoms with E-state index in [0.29, 0.717) is 6.61 Å². The lowest BCUT2D eigenvalue weighted by Crippen LogP contribution is -2.14. The van der Waals surface area contributed by atoms with Gasteiger partial charge in [0, 0.05) is 6.54 Å². The molecule has 0 fully saturated rings. The lowest BCUT2D eigenvalue weighted by Gasteiger charge is -2.14. The zero-order chi connectivity index (χ0) is 15.2. The SMILES string of the molecule is CCNCc1ccccc1COc1cc(C)cc(C)c1C. The first-order chi connectivity index (χ1) is 10.1. The molecular weight excluding hydrogens is 258 g/mol. The van der Waals surface area contributed by atoms with E-state index in [1.54, 1.807) is 0 Å². The molecule has 0 atom stereocenters. The molecule has 2 aromatic carbocycles. The van der Waals surface area contributed by atoms with Crippen molar-refractivity contribution in [2.24, 2.45) is 0 Å². The van der Waals surface area contributed by atoms with E-state index in [1.807, 2.05) is 0 Å². The summed E-state index contributed by atoms with van der Waals surface area (Å²) >= 11 is 0. The summed E-state index contributed by atoms with van der Waals surface area (Å²) in [6.07, 6.45) is 0. The molecule has 112 valence electrons. The van der Waals surface area contributed by atoms with Crippen molar-refractivity contribution in [3.63, 3.8) is 0 Å². The molecule has 0 heterocycles. The smallest absolute Gasteiger partial charge is 0.123 e. The molecule has 0 aliphatic heterocycles. The molecule has 0 unspecified atom stereocenters. The molecular formula is C19H25NO. The molecule has 0 aliphatic rings. The summed E-state index contributed by atoms with van der Waals surface area (Å²) in [5.41, 5.74) is 6.31. The maximum Gasteiger partial charge on any atom is 0.123 e. The van der Waals surface area contributed by atoms with Crippen LogP contribution < -0.4 is 10.1 Å². The van der Waals surface area contributed by atoms with Gasteiger partial charge < -0.3 is 10.1 Å². The van der Waals surface area contributed by atoms with Gasteiger partial charge >= 0.3 is 0 Å².